The van der Waals surface area contributed by atoms with E-state index in [-0.39, 0.29) is 0 Å². The minimum absolute atomic E-state index is 0.750. The van der Waals surface area contributed by atoms with E-state index in [9.17, 15) is 0 Å². The molecule has 0 saturated heterocycles. The van der Waals surface area contributed by atoms with Gasteiger partial charge in [0.2, 0.25) is 0 Å². The van der Waals surface area contributed by atoms with E-state index in [1.54, 1.807) is 0 Å². The fourth-order valence-corrected chi connectivity index (χ4v) is 3.18. The van der Waals surface area contributed by atoms with E-state index in [2.05, 4.69) is 91.0 Å². The van der Waals surface area contributed by atoms with Crippen LogP contribution in [0.2, 0.25) is 13.1 Å². The summed E-state index contributed by atoms with van der Waals surface area (Å²) in [7, 11) is 10.6. The van der Waals surface area contributed by atoms with E-state index in [1.807, 2.05) is 0 Å². The van der Waals surface area contributed by atoms with Gasteiger partial charge in [-0.25, -0.2) is 12.1 Å². The fraction of sp³-hybridized carbons (Fsp3) is 0.615. The standard InChI is InChI=1S/2C12H19.C2H7Si.2ClH.Zr/c2*1-4-5-11-6-7-12(9-11)8-10(2)3;1-3-2;;;/h2*6-7,9-10H,4-5,8H2,1-3H3;3H,1-2H3;2*1H;/q2*-1;;;;+4/p-2. The van der Waals surface area contributed by atoms with Crippen LogP contribution < -0.4 is 0 Å². The van der Waals surface area contributed by atoms with Crippen molar-refractivity contribution in [2.24, 2.45) is 11.8 Å². The zero-order valence-corrected chi connectivity index (χ0v) is 25.8. The molecule has 2 aromatic carbocycles. The Kier molecular flexibility index (Phi) is 24.5. The molecule has 0 saturated carbocycles. The first-order valence-electron chi connectivity index (χ1n) is 11.5. The van der Waals surface area contributed by atoms with E-state index >= 15 is 0 Å². The van der Waals surface area contributed by atoms with Crippen LogP contribution in [0.25, 0.3) is 0 Å². The third kappa shape index (κ3) is 20.3. The van der Waals surface area contributed by atoms with Crippen LogP contribution in [-0.2, 0) is 46.5 Å². The van der Waals surface area contributed by atoms with Gasteiger partial charge in [-0.05, 0) is 0 Å². The minimum atomic E-state index is -0.826. The van der Waals surface area contributed by atoms with Crippen molar-refractivity contribution in [3.05, 3.63) is 58.7 Å². The Labute approximate surface area is 209 Å². The molecule has 0 spiro atoms. The van der Waals surface area contributed by atoms with Crippen LogP contribution in [0.5, 0.6) is 0 Å². The van der Waals surface area contributed by atoms with E-state index in [1.165, 1.54) is 60.8 Å². The van der Waals surface area contributed by atoms with Crippen molar-refractivity contribution >= 4 is 26.5 Å². The summed E-state index contributed by atoms with van der Waals surface area (Å²) in [5, 5.41) is 0. The van der Waals surface area contributed by atoms with Crippen LogP contribution in [-0.4, -0.2) is 9.52 Å². The Bertz CT molecular complexity index is 535. The van der Waals surface area contributed by atoms with Gasteiger partial charge in [0.15, 0.2) is 0 Å². The molecule has 2 aromatic rings. The monoisotopic (exact) mass is 545 g/mol. The second-order valence-electron chi connectivity index (χ2n) is 8.60. The molecule has 0 nitrogen and oxygen atoms in total. The van der Waals surface area contributed by atoms with E-state index in [0.717, 1.165) is 21.4 Å². The van der Waals surface area contributed by atoms with Crippen molar-refractivity contribution < 1.29 is 20.8 Å². The molecule has 0 amide bonds. The zero-order chi connectivity index (χ0) is 23.4. The molecule has 0 heterocycles. The second kappa shape index (κ2) is 22.6. The molecular weight excluding hydrogens is 503 g/mol. The number of hydrogen-bond acceptors (Lipinski definition) is 0. The average molecular weight is 548 g/mol. The number of aryl methyl sites for hydroxylation is 2. The van der Waals surface area contributed by atoms with Crippen molar-refractivity contribution in [1.82, 2.24) is 0 Å². The molecule has 1 radical (unpaired) electrons. The molecule has 0 N–H and O–H groups in total. The molecular formula is C26H45Cl2SiZr. The Hall–Kier alpha value is 0.380. The zero-order valence-electron chi connectivity index (χ0n) is 20.7. The number of halogens is 2. The topological polar surface area (TPSA) is 0 Å². The Morgan fingerprint density at radius 1 is 0.800 bits per heavy atom. The fourth-order valence-electron chi connectivity index (χ4n) is 3.18. The van der Waals surface area contributed by atoms with Crippen LogP contribution in [0, 0.1) is 11.8 Å². The summed E-state index contributed by atoms with van der Waals surface area (Å²) >= 11 is -0.826. The Balaban J connectivity index is 0. The van der Waals surface area contributed by atoms with E-state index in [0.29, 0.717) is 0 Å². The second-order valence-corrected chi connectivity index (χ2v) is 13.5. The number of rotatable bonds is 8. The van der Waals surface area contributed by atoms with Gasteiger partial charge in [0.25, 0.3) is 0 Å². The average Bonchev–Trinajstić information content (AvgIpc) is 3.26. The first-order valence-corrected chi connectivity index (χ1v) is 20.1. The van der Waals surface area contributed by atoms with Gasteiger partial charge in [0.05, 0.1) is 0 Å². The first kappa shape index (κ1) is 32.6. The Morgan fingerprint density at radius 3 is 1.33 bits per heavy atom. The van der Waals surface area contributed by atoms with Gasteiger partial charge in [-0.1, -0.05) is 105 Å². The summed E-state index contributed by atoms with van der Waals surface area (Å²) in [6.07, 6.45) is 7.43. The molecule has 0 unspecified atom stereocenters. The van der Waals surface area contributed by atoms with E-state index in [4.69, 9.17) is 17.0 Å². The molecule has 30 heavy (non-hydrogen) atoms. The van der Waals surface area contributed by atoms with Gasteiger partial charge in [0.1, 0.15) is 0 Å². The normalized spacial score (nSPS) is 9.73. The van der Waals surface area contributed by atoms with Gasteiger partial charge in [-0.15, -0.1) is 0 Å². The van der Waals surface area contributed by atoms with Crippen molar-refractivity contribution in [3.63, 3.8) is 0 Å². The van der Waals surface area contributed by atoms with Gasteiger partial charge >= 0.3 is 37.9 Å². The van der Waals surface area contributed by atoms with Crippen LogP contribution in [0.4, 0.5) is 0 Å². The predicted octanol–water partition coefficient (Wildman–Crippen LogP) is 9.01. The van der Waals surface area contributed by atoms with Crippen LogP contribution >= 0.6 is 17.0 Å². The SMILES string of the molecule is CCCc1cc(CC(C)C)c[cH-]1.CCCc1cc(CC(C)C)c[cH-]1.C[SiH]C.[Cl][Zr+2][Cl]. The molecule has 0 aliphatic carbocycles. The van der Waals surface area contributed by atoms with Crippen molar-refractivity contribution in [3.8, 4) is 0 Å². The van der Waals surface area contributed by atoms with E-state index < -0.39 is 20.8 Å². The third-order valence-corrected chi connectivity index (χ3v) is 4.13. The molecule has 0 aromatic heterocycles. The summed E-state index contributed by atoms with van der Waals surface area (Å²) in [5.74, 6) is 1.56. The summed E-state index contributed by atoms with van der Waals surface area (Å²) < 4.78 is 0. The molecule has 0 aliphatic heterocycles. The molecule has 0 bridgehead atoms. The number of hydrogen-bond donors (Lipinski definition) is 0. The molecule has 2 rings (SSSR count). The molecule has 4 heteroatoms. The van der Waals surface area contributed by atoms with Gasteiger partial charge in [0, 0.05) is 9.52 Å². The Morgan fingerprint density at radius 2 is 1.10 bits per heavy atom. The molecule has 0 fully saturated rings. The predicted molar refractivity (Wildman–Crippen MR) is 140 cm³/mol. The quantitative estimate of drug-likeness (QED) is 0.228. The van der Waals surface area contributed by atoms with Gasteiger partial charge in [-0.2, -0.15) is 46.5 Å². The van der Waals surface area contributed by atoms with Gasteiger partial charge < -0.3 is 0 Å². The summed E-state index contributed by atoms with van der Waals surface area (Å²) in [5.41, 5.74) is 6.03. The van der Waals surface area contributed by atoms with Crippen molar-refractivity contribution in [2.75, 3.05) is 0 Å². The first-order chi connectivity index (χ1) is 14.3. The van der Waals surface area contributed by atoms with Crippen LogP contribution in [0.3, 0.4) is 0 Å². The maximum atomic E-state index is 4.93. The van der Waals surface area contributed by atoms with Crippen molar-refractivity contribution in [2.45, 2.75) is 93.2 Å². The molecule has 0 aliphatic rings. The van der Waals surface area contributed by atoms with Gasteiger partial charge in [-0.3, -0.25) is 0 Å². The maximum absolute atomic E-state index is 4.93. The third-order valence-electron chi connectivity index (χ3n) is 4.13. The van der Waals surface area contributed by atoms with Crippen molar-refractivity contribution in [1.29, 1.82) is 0 Å². The van der Waals surface area contributed by atoms with Crippen LogP contribution in [0.1, 0.15) is 76.6 Å². The molecule has 171 valence electrons. The summed E-state index contributed by atoms with van der Waals surface area (Å²) in [6, 6.07) is 13.8. The van der Waals surface area contributed by atoms with Crippen LogP contribution in [0.15, 0.2) is 36.4 Å². The summed E-state index contributed by atoms with van der Waals surface area (Å²) in [4.78, 5) is 0. The molecule has 0 atom stereocenters. The summed E-state index contributed by atoms with van der Waals surface area (Å²) in [6.45, 7) is 18.0.